The first-order chi connectivity index (χ1) is 10.1. The number of halogens is 1. The van der Waals surface area contributed by atoms with E-state index in [0.29, 0.717) is 6.04 Å². The molecule has 0 bridgehead atoms. The van der Waals surface area contributed by atoms with Crippen molar-refractivity contribution >= 4 is 11.6 Å². The lowest BCUT2D eigenvalue weighted by Gasteiger charge is -2.42. The smallest absolute Gasteiger partial charge is 0.0406 e. The summed E-state index contributed by atoms with van der Waals surface area (Å²) in [7, 11) is 0. The summed E-state index contributed by atoms with van der Waals surface area (Å²) in [5, 5.41) is 0.775. The van der Waals surface area contributed by atoms with Gasteiger partial charge in [0.2, 0.25) is 0 Å². The van der Waals surface area contributed by atoms with Crippen molar-refractivity contribution in [1.82, 2.24) is 9.80 Å². The molecule has 0 aliphatic carbocycles. The predicted molar refractivity (Wildman–Crippen MR) is 88.6 cm³/mol. The van der Waals surface area contributed by atoms with E-state index in [1.807, 2.05) is 24.3 Å². The van der Waals surface area contributed by atoms with Crippen molar-refractivity contribution in [2.45, 2.75) is 44.3 Å². The van der Waals surface area contributed by atoms with Gasteiger partial charge in [-0.15, -0.1) is 0 Å². The Bertz CT molecular complexity index is 462. The molecule has 3 atom stereocenters. The van der Waals surface area contributed by atoms with Crippen LogP contribution in [0.2, 0.25) is 5.02 Å². The van der Waals surface area contributed by atoms with Crippen molar-refractivity contribution in [1.29, 1.82) is 0 Å². The van der Waals surface area contributed by atoms with Crippen LogP contribution in [0.1, 0.15) is 37.8 Å². The summed E-state index contributed by atoms with van der Waals surface area (Å²) in [5.41, 5.74) is 7.52. The van der Waals surface area contributed by atoms with Gasteiger partial charge in [0, 0.05) is 42.8 Å². The van der Waals surface area contributed by atoms with Crippen LogP contribution in [0.15, 0.2) is 24.3 Å². The fourth-order valence-corrected chi connectivity index (χ4v) is 3.87. The number of nitrogens with two attached hydrogens (primary N) is 1. The van der Waals surface area contributed by atoms with Gasteiger partial charge >= 0.3 is 0 Å². The highest BCUT2D eigenvalue weighted by Crippen LogP contribution is 2.25. The monoisotopic (exact) mass is 307 g/mol. The molecule has 1 aromatic rings. The minimum Gasteiger partial charge on any atom is -0.324 e. The maximum atomic E-state index is 6.33. The van der Waals surface area contributed by atoms with E-state index in [9.17, 15) is 0 Å². The van der Waals surface area contributed by atoms with Gasteiger partial charge in [-0.2, -0.15) is 0 Å². The van der Waals surface area contributed by atoms with Gasteiger partial charge in [-0.1, -0.05) is 23.7 Å². The largest absolute Gasteiger partial charge is 0.324 e. The molecule has 0 aromatic heterocycles. The molecule has 2 heterocycles. The van der Waals surface area contributed by atoms with Crippen LogP contribution in [0.3, 0.4) is 0 Å². The highest BCUT2D eigenvalue weighted by molar-refractivity contribution is 6.30. The molecule has 21 heavy (non-hydrogen) atoms. The maximum Gasteiger partial charge on any atom is 0.0406 e. The highest BCUT2D eigenvalue weighted by atomic mass is 35.5. The van der Waals surface area contributed by atoms with Gasteiger partial charge in [-0.25, -0.2) is 0 Å². The van der Waals surface area contributed by atoms with Crippen LogP contribution in [-0.2, 0) is 0 Å². The number of fused-ring (bicyclic) bond motifs is 1. The SMILES string of the molecule is CC1CN2CCCC2CN1CCC(N)c1ccc(Cl)cc1. The first-order valence-corrected chi connectivity index (χ1v) is 8.50. The molecule has 2 saturated heterocycles. The Morgan fingerprint density at radius 1 is 1.29 bits per heavy atom. The molecule has 116 valence electrons. The third-order valence-corrected chi connectivity index (χ3v) is 5.34. The molecule has 4 heteroatoms. The van der Waals surface area contributed by atoms with E-state index < -0.39 is 0 Å². The summed E-state index contributed by atoms with van der Waals surface area (Å²) in [4.78, 5) is 5.29. The Kier molecular flexibility index (Phi) is 4.85. The molecule has 0 amide bonds. The lowest BCUT2D eigenvalue weighted by atomic mass is 10.0. The molecule has 0 saturated carbocycles. The third-order valence-electron chi connectivity index (χ3n) is 5.09. The second-order valence-electron chi connectivity index (χ2n) is 6.58. The first kappa shape index (κ1) is 15.3. The van der Waals surface area contributed by atoms with Crippen molar-refractivity contribution < 1.29 is 0 Å². The second-order valence-corrected chi connectivity index (χ2v) is 7.02. The molecule has 2 N–H and O–H groups in total. The summed E-state index contributed by atoms with van der Waals surface area (Å²) in [6.07, 6.45) is 3.75. The maximum absolute atomic E-state index is 6.33. The predicted octanol–water partition coefficient (Wildman–Crippen LogP) is 2.90. The average Bonchev–Trinajstić information content (AvgIpc) is 2.92. The van der Waals surface area contributed by atoms with Crippen molar-refractivity contribution in [3.05, 3.63) is 34.9 Å². The molecule has 0 radical (unpaired) electrons. The van der Waals surface area contributed by atoms with E-state index >= 15 is 0 Å². The average molecular weight is 308 g/mol. The normalized spacial score (nSPS) is 28.5. The third kappa shape index (κ3) is 3.59. The second kappa shape index (κ2) is 6.66. The van der Waals surface area contributed by atoms with Crippen LogP contribution >= 0.6 is 11.6 Å². The highest BCUT2D eigenvalue weighted by Gasteiger charge is 2.34. The number of hydrogen-bond acceptors (Lipinski definition) is 3. The van der Waals surface area contributed by atoms with Gasteiger partial charge < -0.3 is 5.73 Å². The molecule has 3 nitrogen and oxygen atoms in total. The minimum atomic E-state index is 0.107. The lowest BCUT2D eigenvalue weighted by molar-refractivity contribution is 0.0575. The number of hydrogen-bond donors (Lipinski definition) is 1. The number of piperazine rings is 1. The molecule has 2 aliphatic rings. The van der Waals surface area contributed by atoms with Gasteiger partial charge in [-0.05, 0) is 50.4 Å². The van der Waals surface area contributed by atoms with Crippen molar-refractivity contribution in [3.8, 4) is 0 Å². The number of benzene rings is 1. The zero-order valence-corrected chi connectivity index (χ0v) is 13.6. The van der Waals surface area contributed by atoms with E-state index in [1.54, 1.807) is 0 Å². The van der Waals surface area contributed by atoms with Gasteiger partial charge in [0.05, 0.1) is 0 Å². The van der Waals surface area contributed by atoms with Gasteiger partial charge in [0.25, 0.3) is 0 Å². The van der Waals surface area contributed by atoms with E-state index in [-0.39, 0.29) is 6.04 Å². The Labute approximate surface area is 133 Å². The van der Waals surface area contributed by atoms with E-state index in [0.717, 1.165) is 24.0 Å². The quantitative estimate of drug-likeness (QED) is 0.928. The Hall–Kier alpha value is -0.610. The van der Waals surface area contributed by atoms with Crippen LogP contribution in [0.4, 0.5) is 0 Å². The van der Waals surface area contributed by atoms with Crippen LogP contribution in [-0.4, -0.2) is 48.1 Å². The summed E-state index contributed by atoms with van der Waals surface area (Å²) in [6, 6.07) is 9.49. The molecule has 3 rings (SSSR count). The molecule has 1 aromatic carbocycles. The Balaban J connectivity index is 1.53. The number of nitrogens with zero attached hydrogens (tertiary/aromatic N) is 2. The fourth-order valence-electron chi connectivity index (χ4n) is 3.74. The van der Waals surface area contributed by atoms with Gasteiger partial charge in [-0.3, -0.25) is 9.80 Å². The van der Waals surface area contributed by atoms with Crippen molar-refractivity contribution in [2.75, 3.05) is 26.2 Å². The van der Waals surface area contributed by atoms with E-state index in [2.05, 4.69) is 16.7 Å². The molecule has 2 aliphatic heterocycles. The molecular formula is C17H26ClN3. The zero-order chi connectivity index (χ0) is 14.8. The fraction of sp³-hybridized carbons (Fsp3) is 0.647. The van der Waals surface area contributed by atoms with Crippen LogP contribution < -0.4 is 5.73 Å². The summed E-state index contributed by atoms with van der Waals surface area (Å²) in [6.45, 7) is 7.18. The van der Waals surface area contributed by atoms with Crippen LogP contribution in [0, 0.1) is 0 Å². The summed E-state index contributed by atoms with van der Waals surface area (Å²) in [5.74, 6) is 0. The van der Waals surface area contributed by atoms with Gasteiger partial charge in [0.15, 0.2) is 0 Å². The van der Waals surface area contributed by atoms with Crippen molar-refractivity contribution in [2.24, 2.45) is 5.73 Å². The summed E-state index contributed by atoms with van der Waals surface area (Å²) < 4.78 is 0. The molecule has 3 unspecified atom stereocenters. The van der Waals surface area contributed by atoms with E-state index in [1.165, 1.54) is 38.0 Å². The van der Waals surface area contributed by atoms with Gasteiger partial charge in [0.1, 0.15) is 0 Å². The topological polar surface area (TPSA) is 32.5 Å². The standard InChI is InChI=1S/C17H26ClN3/c1-13-11-21-9-2-3-16(21)12-20(13)10-8-17(19)14-4-6-15(18)7-5-14/h4-7,13,16-17H,2-3,8-12,19H2,1H3. The van der Waals surface area contributed by atoms with E-state index in [4.69, 9.17) is 17.3 Å². The molecular weight excluding hydrogens is 282 g/mol. The first-order valence-electron chi connectivity index (χ1n) is 8.12. The summed E-state index contributed by atoms with van der Waals surface area (Å²) >= 11 is 5.93. The zero-order valence-electron chi connectivity index (χ0n) is 12.8. The Morgan fingerprint density at radius 3 is 2.81 bits per heavy atom. The minimum absolute atomic E-state index is 0.107. The molecule has 0 spiro atoms. The lowest BCUT2D eigenvalue weighted by Crippen LogP contribution is -2.55. The van der Waals surface area contributed by atoms with Crippen molar-refractivity contribution in [3.63, 3.8) is 0 Å². The van der Waals surface area contributed by atoms with Crippen LogP contribution in [0.25, 0.3) is 0 Å². The van der Waals surface area contributed by atoms with Crippen LogP contribution in [0.5, 0.6) is 0 Å². The Morgan fingerprint density at radius 2 is 2.05 bits per heavy atom. The number of rotatable bonds is 4. The molecule has 2 fully saturated rings.